The van der Waals surface area contributed by atoms with Crippen molar-refractivity contribution in [3.63, 3.8) is 0 Å². The van der Waals surface area contributed by atoms with Crippen molar-refractivity contribution in [2.24, 2.45) is 5.73 Å². The Kier molecular flexibility index (Phi) is 5.28. The van der Waals surface area contributed by atoms with Crippen LogP contribution < -0.4 is 5.73 Å². The summed E-state index contributed by atoms with van der Waals surface area (Å²) < 4.78 is 14.7. The molecule has 1 unspecified atom stereocenters. The van der Waals surface area contributed by atoms with Crippen molar-refractivity contribution in [3.8, 4) is 0 Å². The molecule has 0 bridgehead atoms. The Morgan fingerprint density at radius 1 is 1.26 bits per heavy atom. The first-order valence-corrected chi connectivity index (χ1v) is 7.81. The lowest BCUT2D eigenvalue weighted by molar-refractivity contribution is 0.595. The van der Waals surface area contributed by atoms with Crippen LogP contribution in [0.4, 0.5) is 4.39 Å². The van der Waals surface area contributed by atoms with Gasteiger partial charge in [-0.2, -0.15) is 0 Å². The summed E-state index contributed by atoms with van der Waals surface area (Å²) in [6, 6.07) is 12.1. The van der Waals surface area contributed by atoms with Gasteiger partial charge in [0.05, 0.1) is 0 Å². The summed E-state index contributed by atoms with van der Waals surface area (Å²) in [4.78, 5) is 1.09. The Balaban J connectivity index is 2.05. The van der Waals surface area contributed by atoms with E-state index in [0.29, 0.717) is 16.3 Å². The highest BCUT2D eigenvalue weighted by Gasteiger charge is 2.12. The first-order chi connectivity index (χ1) is 9.08. The van der Waals surface area contributed by atoms with Crippen LogP contribution in [0.3, 0.4) is 0 Å². The van der Waals surface area contributed by atoms with Gasteiger partial charge in [0.25, 0.3) is 0 Å². The predicted molar refractivity (Wildman–Crippen MR) is 83.2 cm³/mol. The largest absolute Gasteiger partial charge is 0.323 e. The zero-order valence-corrected chi connectivity index (χ0v) is 13.1. The zero-order valence-electron chi connectivity index (χ0n) is 9.95. The molecule has 0 radical (unpaired) electrons. The summed E-state index contributed by atoms with van der Waals surface area (Å²) in [7, 11) is 0. The van der Waals surface area contributed by atoms with Crippen molar-refractivity contribution in [1.82, 2.24) is 0 Å². The van der Waals surface area contributed by atoms with Crippen LogP contribution in [0.5, 0.6) is 0 Å². The van der Waals surface area contributed by atoms with Crippen LogP contribution in [0.2, 0.25) is 5.02 Å². The van der Waals surface area contributed by atoms with Crippen LogP contribution in [0.15, 0.2) is 51.8 Å². The molecule has 0 aliphatic heterocycles. The molecule has 0 aromatic heterocycles. The van der Waals surface area contributed by atoms with E-state index in [1.54, 1.807) is 23.9 Å². The number of thioether (sulfide) groups is 1. The van der Waals surface area contributed by atoms with Gasteiger partial charge in [-0.25, -0.2) is 4.39 Å². The molecule has 0 saturated carbocycles. The first kappa shape index (κ1) is 14.9. The molecule has 2 aromatic rings. The fourth-order valence-electron chi connectivity index (χ4n) is 1.63. The lowest BCUT2D eigenvalue weighted by Crippen LogP contribution is -2.14. The Hall–Kier alpha value is -0.550. The smallest absolute Gasteiger partial charge is 0.129 e. The molecule has 0 saturated heterocycles. The van der Waals surface area contributed by atoms with Crippen LogP contribution in [0.25, 0.3) is 0 Å². The fraction of sp³-hybridized carbons (Fsp3) is 0.143. The molecule has 0 spiro atoms. The number of benzene rings is 2. The standard InChI is InChI=1S/C14H12BrClFNS/c15-11-3-1-2-4-14(11)19-8-13(18)10-6-5-9(16)7-12(10)17/h1-7,13H,8,18H2. The lowest BCUT2D eigenvalue weighted by atomic mass is 10.1. The highest BCUT2D eigenvalue weighted by atomic mass is 79.9. The number of rotatable bonds is 4. The molecule has 0 heterocycles. The van der Waals surface area contributed by atoms with Crippen LogP contribution in [0, 0.1) is 5.82 Å². The van der Waals surface area contributed by atoms with E-state index < -0.39 is 0 Å². The van der Waals surface area contributed by atoms with Gasteiger partial charge in [0, 0.05) is 31.7 Å². The van der Waals surface area contributed by atoms with Gasteiger partial charge < -0.3 is 5.73 Å². The van der Waals surface area contributed by atoms with Crippen molar-refractivity contribution in [2.75, 3.05) is 5.75 Å². The van der Waals surface area contributed by atoms with Gasteiger partial charge in [0.15, 0.2) is 0 Å². The van der Waals surface area contributed by atoms with E-state index >= 15 is 0 Å². The third kappa shape index (κ3) is 3.96. The van der Waals surface area contributed by atoms with Gasteiger partial charge >= 0.3 is 0 Å². The first-order valence-electron chi connectivity index (χ1n) is 5.66. The van der Waals surface area contributed by atoms with Crippen LogP contribution in [0.1, 0.15) is 11.6 Å². The van der Waals surface area contributed by atoms with Gasteiger partial charge in [0.2, 0.25) is 0 Å². The summed E-state index contributed by atoms with van der Waals surface area (Å²) in [6.07, 6.45) is 0. The Morgan fingerprint density at radius 2 is 2.00 bits per heavy atom. The minimum absolute atomic E-state index is 0.354. The molecular weight excluding hydrogens is 349 g/mol. The molecule has 2 N–H and O–H groups in total. The second-order valence-electron chi connectivity index (χ2n) is 4.01. The summed E-state index contributed by atoms with van der Waals surface area (Å²) in [5.41, 5.74) is 6.51. The van der Waals surface area contributed by atoms with Gasteiger partial charge in [0.1, 0.15) is 5.82 Å². The maximum atomic E-state index is 13.7. The summed E-state index contributed by atoms with van der Waals surface area (Å²) in [6.45, 7) is 0. The van der Waals surface area contributed by atoms with E-state index in [-0.39, 0.29) is 11.9 Å². The van der Waals surface area contributed by atoms with E-state index in [1.807, 2.05) is 24.3 Å². The molecule has 0 aliphatic rings. The summed E-state index contributed by atoms with van der Waals surface area (Å²) in [5, 5.41) is 0.381. The number of hydrogen-bond donors (Lipinski definition) is 1. The number of hydrogen-bond acceptors (Lipinski definition) is 2. The molecule has 2 rings (SSSR count). The molecule has 2 aromatic carbocycles. The van der Waals surface area contributed by atoms with E-state index in [9.17, 15) is 4.39 Å². The quantitative estimate of drug-likeness (QED) is 0.774. The topological polar surface area (TPSA) is 26.0 Å². The second-order valence-corrected chi connectivity index (χ2v) is 6.37. The third-order valence-electron chi connectivity index (χ3n) is 2.62. The van der Waals surface area contributed by atoms with Gasteiger partial charge in [-0.15, -0.1) is 11.8 Å². The molecule has 0 amide bonds. The Labute approximate surface area is 129 Å². The van der Waals surface area contributed by atoms with Crippen LogP contribution in [-0.4, -0.2) is 5.75 Å². The lowest BCUT2D eigenvalue weighted by Gasteiger charge is -2.13. The van der Waals surface area contributed by atoms with Gasteiger partial charge in [-0.05, 0) is 40.2 Å². The minimum Gasteiger partial charge on any atom is -0.323 e. The highest BCUT2D eigenvalue weighted by Crippen LogP contribution is 2.30. The maximum absolute atomic E-state index is 13.7. The van der Waals surface area contributed by atoms with E-state index in [1.165, 1.54) is 6.07 Å². The van der Waals surface area contributed by atoms with Crippen molar-refractivity contribution >= 4 is 39.3 Å². The molecule has 5 heteroatoms. The van der Waals surface area contributed by atoms with Crippen molar-refractivity contribution in [3.05, 3.63) is 63.3 Å². The Bertz CT molecular complexity index is 579. The molecule has 0 aliphatic carbocycles. The molecule has 1 atom stereocenters. The average molecular weight is 361 g/mol. The van der Waals surface area contributed by atoms with E-state index in [0.717, 1.165) is 9.37 Å². The van der Waals surface area contributed by atoms with E-state index in [4.69, 9.17) is 17.3 Å². The second kappa shape index (κ2) is 6.75. The molecule has 100 valence electrons. The van der Waals surface area contributed by atoms with Crippen molar-refractivity contribution < 1.29 is 4.39 Å². The third-order valence-corrected chi connectivity index (χ3v) is 5.00. The summed E-state index contributed by atoms with van der Waals surface area (Å²) in [5.74, 6) is 0.244. The fourth-order valence-corrected chi connectivity index (χ4v) is 3.34. The molecular formula is C14H12BrClFNS. The number of halogens is 3. The van der Waals surface area contributed by atoms with Crippen molar-refractivity contribution in [1.29, 1.82) is 0 Å². The van der Waals surface area contributed by atoms with Crippen LogP contribution >= 0.6 is 39.3 Å². The van der Waals surface area contributed by atoms with Gasteiger partial charge in [-0.3, -0.25) is 0 Å². The van der Waals surface area contributed by atoms with Crippen LogP contribution in [-0.2, 0) is 0 Å². The molecule has 1 nitrogen and oxygen atoms in total. The maximum Gasteiger partial charge on any atom is 0.129 e. The number of nitrogens with two attached hydrogens (primary N) is 1. The molecule has 0 fully saturated rings. The highest BCUT2D eigenvalue weighted by molar-refractivity contribution is 9.10. The normalized spacial score (nSPS) is 12.4. The molecule has 19 heavy (non-hydrogen) atoms. The Morgan fingerprint density at radius 3 is 2.68 bits per heavy atom. The zero-order chi connectivity index (χ0) is 13.8. The average Bonchev–Trinajstić information content (AvgIpc) is 2.37. The SMILES string of the molecule is NC(CSc1ccccc1Br)c1ccc(Cl)cc1F. The predicted octanol–water partition coefficient (Wildman–Crippen LogP) is 5.03. The van der Waals surface area contributed by atoms with Gasteiger partial charge in [-0.1, -0.05) is 29.8 Å². The van der Waals surface area contributed by atoms with E-state index in [2.05, 4.69) is 15.9 Å². The monoisotopic (exact) mass is 359 g/mol. The summed E-state index contributed by atoms with van der Waals surface area (Å²) >= 11 is 10.8. The van der Waals surface area contributed by atoms with Crippen molar-refractivity contribution in [2.45, 2.75) is 10.9 Å². The minimum atomic E-state index is -0.366.